The molecule has 1 saturated heterocycles. The Morgan fingerprint density at radius 2 is 1.91 bits per heavy atom. The summed E-state index contributed by atoms with van der Waals surface area (Å²) >= 11 is 1.12. The zero-order valence-corrected chi connectivity index (χ0v) is 19.1. The number of hydrogen-bond donors (Lipinski definition) is 1. The molecule has 0 saturated carbocycles. The van der Waals surface area contributed by atoms with Gasteiger partial charge in [-0.05, 0) is 38.5 Å². The summed E-state index contributed by atoms with van der Waals surface area (Å²) in [7, 11) is 0. The molecule has 2 aromatic heterocycles. The van der Waals surface area contributed by atoms with Crippen molar-refractivity contribution in [3.05, 3.63) is 69.7 Å². The molecule has 1 atom stereocenters. The number of benzene rings is 1. The first-order chi connectivity index (χ1) is 15.7. The maximum absolute atomic E-state index is 13.5. The molecule has 33 heavy (non-hydrogen) atoms. The number of carbonyl (C=O) groups is 2. The van der Waals surface area contributed by atoms with Gasteiger partial charge in [0.15, 0.2) is 5.13 Å². The number of nitrogens with one attached hydrogen (secondary N) is 1. The zero-order chi connectivity index (χ0) is 23.7. The van der Waals surface area contributed by atoms with Gasteiger partial charge in [0, 0.05) is 24.8 Å². The fraction of sp³-hybridized carbons (Fsp3) is 0.318. The molecule has 1 aromatic carbocycles. The molecule has 0 unspecified atom stereocenters. The highest BCUT2D eigenvalue weighted by molar-refractivity contribution is 7.17. The van der Waals surface area contributed by atoms with Crippen LogP contribution in [0, 0.1) is 25.5 Å². The smallest absolute Gasteiger partial charge is 0.326 e. The lowest BCUT2D eigenvalue weighted by molar-refractivity contribution is 0.0953. The van der Waals surface area contributed by atoms with E-state index < -0.39 is 11.6 Å². The van der Waals surface area contributed by atoms with Crippen LogP contribution in [0.5, 0.6) is 0 Å². The Balaban J connectivity index is 1.45. The minimum atomic E-state index is -0.691. The first-order valence-electron chi connectivity index (χ1n) is 10.3. The number of halogens is 2. The number of rotatable bonds is 6. The van der Waals surface area contributed by atoms with Crippen molar-refractivity contribution in [3.8, 4) is 0 Å². The molecule has 0 spiro atoms. The Hall–Kier alpha value is -3.47. The number of nitrogens with zero attached hydrogens (tertiary/aromatic N) is 5. The van der Waals surface area contributed by atoms with Crippen molar-refractivity contribution in [2.45, 2.75) is 39.9 Å². The van der Waals surface area contributed by atoms with Crippen molar-refractivity contribution in [3.63, 3.8) is 0 Å². The van der Waals surface area contributed by atoms with Gasteiger partial charge in [-0.3, -0.25) is 19.7 Å². The van der Waals surface area contributed by atoms with E-state index >= 15 is 0 Å². The van der Waals surface area contributed by atoms with Crippen molar-refractivity contribution < 1.29 is 18.4 Å². The third-order valence-corrected chi connectivity index (χ3v) is 6.40. The van der Waals surface area contributed by atoms with Crippen LogP contribution >= 0.6 is 11.3 Å². The van der Waals surface area contributed by atoms with E-state index in [1.165, 1.54) is 21.9 Å². The van der Waals surface area contributed by atoms with Gasteiger partial charge in [-0.2, -0.15) is 0 Å². The van der Waals surface area contributed by atoms with Crippen LogP contribution in [0.3, 0.4) is 0 Å². The summed E-state index contributed by atoms with van der Waals surface area (Å²) in [6.07, 6.45) is 3.23. The second-order valence-electron chi connectivity index (χ2n) is 7.89. The molecule has 3 amide bonds. The number of anilines is 1. The van der Waals surface area contributed by atoms with Crippen LogP contribution in [-0.2, 0) is 13.1 Å². The third-order valence-electron chi connectivity index (χ3n) is 5.22. The molecular formula is C22H22F2N6O2S. The lowest BCUT2D eigenvalue weighted by Gasteiger charge is -2.20. The van der Waals surface area contributed by atoms with Crippen LogP contribution in [0.1, 0.15) is 39.2 Å². The van der Waals surface area contributed by atoms with Gasteiger partial charge in [0.1, 0.15) is 16.5 Å². The molecule has 3 heterocycles. The van der Waals surface area contributed by atoms with Gasteiger partial charge in [-0.25, -0.2) is 18.6 Å². The van der Waals surface area contributed by atoms with E-state index in [-0.39, 0.29) is 31.1 Å². The van der Waals surface area contributed by atoms with Crippen molar-refractivity contribution in [2.24, 2.45) is 0 Å². The molecule has 8 nitrogen and oxygen atoms in total. The Morgan fingerprint density at radius 3 is 2.58 bits per heavy atom. The van der Waals surface area contributed by atoms with Crippen molar-refractivity contribution >= 4 is 28.4 Å². The number of carbonyl (C=O) groups excluding carboxylic acids is 2. The highest BCUT2D eigenvalue weighted by Crippen LogP contribution is 2.31. The lowest BCUT2D eigenvalue weighted by atomic mass is 10.2. The highest BCUT2D eigenvalue weighted by atomic mass is 32.1. The molecule has 3 aromatic rings. The minimum absolute atomic E-state index is 0.0699. The summed E-state index contributed by atoms with van der Waals surface area (Å²) in [5.74, 6) is -1.70. The maximum atomic E-state index is 13.5. The monoisotopic (exact) mass is 472 g/mol. The number of urea groups is 1. The normalized spacial score (nSPS) is 15.9. The Bertz CT molecular complexity index is 1180. The average molecular weight is 473 g/mol. The Morgan fingerprint density at radius 1 is 1.18 bits per heavy atom. The standard InChI is InChI=1S/C22H22F2N6O2S/c1-12-7-26-18(8-25-12)9-27-20(31)19-14(3)28-21(33-19)30-10-13(2)29(22(30)32)11-15-4-16(23)6-17(24)5-15/h4-8,13H,9-11H2,1-3H3,(H,27,31)/t13-/m1/s1. The number of thiazole rings is 1. The molecule has 1 fully saturated rings. The second kappa shape index (κ2) is 9.18. The molecule has 1 N–H and O–H groups in total. The molecular weight excluding hydrogens is 450 g/mol. The van der Waals surface area contributed by atoms with Gasteiger partial charge in [0.25, 0.3) is 5.91 Å². The molecule has 1 aliphatic heterocycles. The van der Waals surface area contributed by atoms with Crippen LogP contribution in [0.4, 0.5) is 18.7 Å². The van der Waals surface area contributed by atoms with Crippen molar-refractivity contribution in [2.75, 3.05) is 11.4 Å². The second-order valence-corrected chi connectivity index (χ2v) is 8.87. The molecule has 0 aliphatic carbocycles. The topological polar surface area (TPSA) is 91.3 Å². The first-order valence-corrected chi connectivity index (χ1v) is 11.1. The summed E-state index contributed by atoms with van der Waals surface area (Å²) in [6, 6.07) is 2.68. The zero-order valence-electron chi connectivity index (χ0n) is 18.3. The van der Waals surface area contributed by atoms with Crippen LogP contribution in [0.15, 0.2) is 30.6 Å². The van der Waals surface area contributed by atoms with Crippen LogP contribution in [0.2, 0.25) is 0 Å². The van der Waals surface area contributed by atoms with Gasteiger partial charge >= 0.3 is 6.03 Å². The van der Waals surface area contributed by atoms with E-state index in [0.29, 0.717) is 33.5 Å². The highest BCUT2D eigenvalue weighted by Gasteiger charge is 2.37. The van der Waals surface area contributed by atoms with Gasteiger partial charge in [-0.15, -0.1) is 0 Å². The molecule has 11 heteroatoms. The summed E-state index contributed by atoms with van der Waals surface area (Å²) in [5.41, 5.74) is 2.29. The molecule has 0 radical (unpaired) electrons. The maximum Gasteiger partial charge on any atom is 0.326 e. The number of hydrogen-bond acceptors (Lipinski definition) is 6. The van der Waals surface area contributed by atoms with Crippen LogP contribution in [0.25, 0.3) is 0 Å². The van der Waals surface area contributed by atoms with Gasteiger partial charge < -0.3 is 10.2 Å². The van der Waals surface area contributed by atoms with Crippen molar-refractivity contribution in [1.82, 2.24) is 25.2 Å². The van der Waals surface area contributed by atoms with E-state index in [0.717, 1.165) is 23.1 Å². The SMILES string of the molecule is Cc1cnc(CNC(=O)c2sc(N3C[C@@H](C)N(Cc4cc(F)cc(F)c4)C3=O)nc2C)cn1. The quantitative estimate of drug-likeness (QED) is 0.592. The first kappa shape index (κ1) is 22.7. The van der Waals surface area contributed by atoms with Crippen molar-refractivity contribution in [1.29, 1.82) is 0 Å². The van der Waals surface area contributed by atoms with Gasteiger partial charge in [-0.1, -0.05) is 11.3 Å². The molecule has 172 valence electrons. The van der Waals surface area contributed by atoms with E-state index in [1.807, 2.05) is 13.8 Å². The van der Waals surface area contributed by atoms with Gasteiger partial charge in [0.05, 0.1) is 36.4 Å². The average Bonchev–Trinajstić information content (AvgIpc) is 3.27. The molecule has 0 bridgehead atoms. The predicted molar refractivity (Wildman–Crippen MR) is 119 cm³/mol. The van der Waals surface area contributed by atoms with E-state index in [2.05, 4.69) is 20.3 Å². The third kappa shape index (κ3) is 4.98. The summed E-state index contributed by atoms with van der Waals surface area (Å²) in [6.45, 7) is 6.03. The van der Waals surface area contributed by atoms with E-state index in [9.17, 15) is 18.4 Å². The van der Waals surface area contributed by atoms with Crippen LogP contribution < -0.4 is 10.2 Å². The van der Waals surface area contributed by atoms with E-state index in [4.69, 9.17) is 0 Å². The fourth-order valence-electron chi connectivity index (χ4n) is 3.54. The number of aryl methyl sites for hydroxylation is 2. The predicted octanol–water partition coefficient (Wildman–Crippen LogP) is 3.59. The lowest BCUT2D eigenvalue weighted by Crippen LogP contribution is -2.33. The molecule has 4 rings (SSSR count). The number of aromatic nitrogens is 3. The van der Waals surface area contributed by atoms with E-state index in [1.54, 1.807) is 19.3 Å². The number of amides is 3. The summed E-state index contributed by atoms with van der Waals surface area (Å²) < 4.78 is 27.1. The summed E-state index contributed by atoms with van der Waals surface area (Å²) in [4.78, 5) is 41.9. The largest absolute Gasteiger partial charge is 0.346 e. The fourth-order valence-corrected chi connectivity index (χ4v) is 4.52. The van der Waals surface area contributed by atoms with Crippen LogP contribution in [-0.4, -0.2) is 44.4 Å². The minimum Gasteiger partial charge on any atom is -0.346 e. The van der Waals surface area contributed by atoms with Gasteiger partial charge in [0.2, 0.25) is 0 Å². The molecule has 1 aliphatic rings. The Labute approximate surface area is 193 Å². The Kier molecular flexibility index (Phi) is 6.32. The summed E-state index contributed by atoms with van der Waals surface area (Å²) in [5, 5.41) is 3.20.